The van der Waals surface area contributed by atoms with E-state index in [0.717, 1.165) is 0 Å². The lowest BCUT2D eigenvalue weighted by Gasteiger charge is -2.04. The Hall–Kier alpha value is -1.07. The molecule has 1 aromatic rings. The van der Waals surface area contributed by atoms with Crippen LogP contribution in [0.5, 0.6) is 5.88 Å². The highest BCUT2D eigenvalue weighted by Gasteiger charge is 2.00. The third-order valence-corrected chi connectivity index (χ3v) is 1.40. The van der Waals surface area contributed by atoms with E-state index in [1.165, 1.54) is 6.07 Å². The summed E-state index contributed by atoms with van der Waals surface area (Å²) in [5.74, 6) is 0.641. The fourth-order valence-electron chi connectivity index (χ4n) is 0.717. The Morgan fingerprint density at radius 2 is 2.23 bits per heavy atom. The van der Waals surface area contributed by atoms with Crippen LogP contribution in [0.3, 0.4) is 0 Å². The number of nitrogens with zero attached hydrogens (tertiary/aromatic N) is 2. The van der Waals surface area contributed by atoms with Crippen LogP contribution in [0, 0.1) is 0 Å². The van der Waals surface area contributed by atoms with Crippen LogP contribution >= 0.6 is 11.6 Å². The molecule has 2 N–H and O–H groups in total. The molecule has 0 atom stereocenters. The predicted octanol–water partition coefficient (Wildman–Crippen LogP) is 0.737. The minimum absolute atomic E-state index is 0.0763. The summed E-state index contributed by atoms with van der Waals surface area (Å²) < 4.78 is 9.96. The Bertz CT molecular complexity index is 262. The Kier molecular flexibility index (Phi) is 3.72. The third kappa shape index (κ3) is 3.43. The third-order valence-electron chi connectivity index (χ3n) is 1.23. The molecule has 72 valence electrons. The second kappa shape index (κ2) is 4.84. The molecule has 0 spiro atoms. The number of ether oxygens (including phenoxy) is 2. The molecule has 0 bridgehead atoms. The summed E-state index contributed by atoms with van der Waals surface area (Å²) in [4.78, 5) is 7.49. The van der Waals surface area contributed by atoms with Crippen molar-refractivity contribution in [3.63, 3.8) is 0 Å². The highest BCUT2D eigenvalue weighted by atomic mass is 35.5. The molecule has 0 aliphatic rings. The van der Waals surface area contributed by atoms with Gasteiger partial charge in [0.25, 0.3) is 0 Å². The Morgan fingerprint density at radius 3 is 2.85 bits per heavy atom. The van der Waals surface area contributed by atoms with Crippen LogP contribution in [0.2, 0.25) is 5.28 Å². The molecule has 0 aliphatic heterocycles. The van der Waals surface area contributed by atoms with Gasteiger partial charge in [-0.05, 0) is 11.6 Å². The largest absolute Gasteiger partial charge is 0.475 e. The first kappa shape index (κ1) is 10.0. The quantitative estimate of drug-likeness (QED) is 0.577. The second-order valence-electron chi connectivity index (χ2n) is 2.24. The van der Waals surface area contributed by atoms with Gasteiger partial charge in [-0.15, -0.1) is 0 Å². The van der Waals surface area contributed by atoms with Crippen molar-refractivity contribution in [2.45, 2.75) is 0 Å². The van der Waals surface area contributed by atoms with Crippen LogP contribution in [0.4, 0.5) is 5.82 Å². The normalized spacial score (nSPS) is 10.0. The van der Waals surface area contributed by atoms with Crippen LogP contribution in [0.15, 0.2) is 6.07 Å². The summed E-state index contributed by atoms with van der Waals surface area (Å²) in [5.41, 5.74) is 5.42. The van der Waals surface area contributed by atoms with Crippen molar-refractivity contribution >= 4 is 17.4 Å². The lowest BCUT2D eigenvalue weighted by atomic mass is 10.6. The first-order valence-electron chi connectivity index (χ1n) is 3.64. The van der Waals surface area contributed by atoms with Crippen molar-refractivity contribution in [2.75, 3.05) is 26.1 Å². The molecule has 0 aromatic carbocycles. The molecule has 0 saturated heterocycles. The molecule has 1 rings (SSSR count). The van der Waals surface area contributed by atoms with E-state index in [9.17, 15) is 0 Å². The molecule has 0 amide bonds. The Morgan fingerprint density at radius 1 is 1.46 bits per heavy atom. The number of methoxy groups -OCH3 is 1. The lowest BCUT2D eigenvalue weighted by Crippen LogP contribution is -2.06. The SMILES string of the molecule is COCCOc1cc(N)nc(Cl)n1. The molecule has 1 heterocycles. The van der Waals surface area contributed by atoms with Crippen molar-refractivity contribution in [3.8, 4) is 5.88 Å². The van der Waals surface area contributed by atoms with E-state index in [2.05, 4.69) is 9.97 Å². The maximum Gasteiger partial charge on any atom is 0.227 e. The van der Waals surface area contributed by atoms with Crippen molar-refractivity contribution in [2.24, 2.45) is 0 Å². The zero-order valence-corrected chi connectivity index (χ0v) is 7.91. The monoisotopic (exact) mass is 203 g/mol. The van der Waals surface area contributed by atoms with Crippen molar-refractivity contribution in [3.05, 3.63) is 11.3 Å². The predicted molar refractivity (Wildman–Crippen MR) is 48.8 cm³/mol. The zero-order chi connectivity index (χ0) is 9.68. The van der Waals surface area contributed by atoms with Crippen LogP contribution < -0.4 is 10.5 Å². The summed E-state index contributed by atoms with van der Waals surface area (Å²) in [6, 6.07) is 1.50. The number of nitrogen functional groups attached to an aromatic ring is 1. The second-order valence-corrected chi connectivity index (χ2v) is 2.58. The van der Waals surface area contributed by atoms with E-state index in [1.807, 2.05) is 0 Å². The van der Waals surface area contributed by atoms with E-state index in [-0.39, 0.29) is 11.1 Å². The minimum atomic E-state index is 0.0763. The van der Waals surface area contributed by atoms with Gasteiger partial charge in [-0.25, -0.2) is 4.98 Å². The number of hydrogen-bond acceptors (Lipinski definition) is 5. The highest BCUT2D eigenvalue weighted by molar-refractivity contribution is 6.28. The van der Waals surface area contributed by atoms with E-state index in [4.69, 9.17) is 26.8 Å². The summed E-state index contributed by atoms with van der Waals surface area (Å²) in [6.45, 7) is 0.894. The van der Waals surface area contributed by atoms with Crippen molar-refractivity contribution in [1.29, 1.82) is 0 Å². The topological polar surface area (TPSA) is 70.3 Å². The number of nitrogens with two attached hydrogens (primary N) is 1. The molecule has 0 unspecified atom stereocenters. The van der Waals surface area contributed by atoms with Gasteiger partial charge >= 0.3 is 0 Å². The molecular weight excluding hydrogens is 194 g/mol. The molecular formula is C7H10ClN3O2. The maximum atomic E-state index is 5.55. The fourth-order valence-corrected chi connectivity index (χ4v) is 0.898. The minimum Gasteiger partial charge on any atom is -0.475 e. The standard InChI is InChI=1S/C7H10ClN3O2/c1-12-2-3-13-6-4-5(9)10-7(8)11-6/h4H,2-3H2,1H3,(H2,9,10,11). The van der Waals surface area contributed by atoms with Gasteiger partial charge in [-0.2, -0.15) is 4.98 Å². The van der Waals surface area contributed by atoms with Crippen LogP contribution in [-0.4, -0.2) is 30.3 Å². The molecule has 0 aliphatic carbocycles. The summed E-state index contributed by atoms with van der Waals surface area (Å²) >= 11 is 5.55. The number of rotatable bonds is 4. The van der Waals surface area contributed by atoms with Gasteiger partial charge in [0.2, 0.25) is 11.2 Å². The molecule has 0 saturated carbocycles. The lowest BCUT2D eigenvalue weighted by molar-refractivity contribution is 0.143. The first-order valence-corrected chi connectivity index (χ1v) is 4.02. The molecule has 0 fully saturated rings. The number of halogens is 1. The number of hydrogen-bond donors (Lipinski definition) is 1. The van der Waals surface area contributed by atoms with Gasteiger partial charge in [0.1, 0.15) is 12.4 Å². The molecule has 5 nitrogen and oxygen atoms in total. The average molecular weight is 204 g/mol. The molecule has 0 radical (unpaired) electrons. The van der Waals surface area contributed by atoms with Gasteiger partial charge < -0.3 is 15.2 Å². The van der Waals surface area contributed by atoms with E-state index in [0.29, 0.717) is 19.1 Å². The highest BCUT2D eigenvalue weighted by Crippen LogP contribution is 2.13. The van der Waals surface area contributed by atoms with Gasteiger partial charge in [0, 0.05) is 13.2 Å². The van der Waals surface area contributed by atoms with E-state index >= 15 is 0 Å². The van der Waals surface area contributed by atoms with E-state index in [1.54, 1.807) is 7.11 Å². The van der Waals surface area contributed by atoms with Crippen molar-refractivity contribution < 1.29 is 9.47 Å². The zero-order valence-electron chi connectivity index (χ0n) is 7.16. The average Bonchev–Trinajstić information content (AvgIpc) is 2.03. The first-order chi connectivity index (χ1) is 6.22. The van der Waals surface area contributed by atoms with Crippen LogP contribution in [-0.2, 0) is 4.74 Å². The molecule has 6 heteroatoms. The van der Waals surface area contributed by atoms with Crippen LogP contribution in [0.25, 0.3) is 0 Å². The van der Waals surface area contributed by atoms with Gasteiger partial charge in [-0.1, -0.05) is 0 Å². The molecule has 13 heavy (non-hydrogen) atoms. The number of aromatic nitrogens is 2. The van der Waals surface area contributed by atoms with Gasteiger partial charge in [0.15, 0.2) is 0 Å². The Balaban J connectivity index is 2.56. The summed E-state index contributed by atoms with van der Waals surface area (Å²) in [7, 11) is 1.59. The smallest absolute Gasteiger partial charge is 0.227 e. The number of anilines is 1. The fraction of sp³-hybridized carbons (Fsp3) is 0.429. The van der Waals surface area contributed by atoms with Gasteiger partial charge in [-0.3, -0.25) is 0 Å². The maximum absolute atomic E-state index is 5.55. The summed E-state index contributed by atoms with van der Waals surface area (Å²) in [5, 5.41) is 0.0763. The Labute approximate surface area is 80.8 Å². The van der Waals surface area contributed by atoms with Crippen molar-refractivity contribution in [1.82, 2.24) is 9.97 Å². The molecule has 1 aromatic heterocycles. The van der Waals surface area contributed by atoms with Crippen LogP contribution in [0.1, 0.15) is 0 Å². The summed E-state index contributed by atoms with van der Waals surface area (Å²) in [6.07, 6.45) is 0. The van der Waals surface area contributed by atoms with Gasteiger partial charge in [0.05, 0.1) is 6.61 Å². The van der Waals surface area contributed by atoms with E-state index < -0.39 is 0 Å².